The third kappa shape index (κ3) is 2.10. The monoisotopic (exact) mass is 222 g/mol. The number of likely N-dealkylation sites (tertiary alicyclic amines) is 1. The lowest BCUT2D eigenvalue weighted by atomic mass is 9.81. The summed E-state index contributed by atoms with van der Waals surface area (Å²) in [4.78, 5) is 25.4. The van der Waals surface area contributed by atoms with Crippen LogP contribution in [0.1, 0.15) is 25.7 Å². The van der Waals surface area contributed by atoms with Crippen LogP contribution >= 0.6 is 0 Å². The number of hydrogen-bond donors (Lipinski definition) is 1. The van der Waals surface area contributed by atoms with Gasteiger partial charge in [-0.15, -0.1) is 0 Å². The number of nitrogens with zero attached hydrogens (tertiary/aromatic N) is 1. The van der Waals surface area contributed by atoms with Gasteiger partial charge in [0.2, 0.25) is 11.8 Å². The summed E-state index contributed by atoms with van der Waals surface area (Å²) >= 11 is 0. The molecule has 2 rings (SSSR count). The zero-order valence-corrected chi connectivity index (χ0v) is 9.39. The predicted molar refractivity (Wildman–Crippen MR) is 60.4 cm³/mol. The van der Waals surface area contributed by atoms with E-state index in [0.29, 0.717) is 12.8 Å². The molecule has 2 aliphatic rings. The van der Waals surface area contributed by atoms with Crippen LogP contribution in [0.5, 0.6) is 0 Å². The average Bonchev–Trinajstić information content (AvgIpc) is 2.81. The fourth-order valence-corrected chi connectivity index (χ4v) is 2.57. The van der Waals surface area contributed by atoms with E-state index in [9.17, 15) is 9.59 Å². The van der Waals surface area contributed by atoms with Gasteiger partial charge in [-0.3, -0.25) is 9.59 Å². The van der Waals surface area contributed by atoms with Crippen molar-refractivity contribution >= 4 is 11.8 Å². The summed E-state index contributed by atoms with van der Waals surface area (Å²) in [5, 5.41) is 0. The average molecular weight is 222 g/mol. The zero-order chi connectivity index (χ0) is 11.5. The first-order chi connectivity index (χ1) is 7.70. The first-order valence-electron chi connectivity index (χ1n) is 5.93. The van der Waals surface area contributed by atoms with Crippen LogP contribution in [0.2, 0.25) is 0 Å². The molecule has 2 N–H and O–H groups in total. The molecule has 1 heterocycles. The summed E-state index contributed by atoms with van der Waals surface area (Å²) in [6, 6.07) is 0. The van der Waals surface area contributed by atoms with E-state index in [1.54, 1.807) is 0 Å². The molecule has 0 aromatic carbocycles. The van der Waals surface area contributed by atoms with E-state index in [1.165, 1.54) is 0 Å². The quantitative estimate of drug-likeness (QED) is 0.698. The molecule has 0 saturated carbocycles. The summed E-state index contributed by atoms with van der Waals surface area (Å²) in [7, 11) is 0. The number of primary amides is 1. The number of carbonyl (C=O) groups is 2. The molecule has 1 aliphatic heterocycles. The van der Waals surface area contributed by atoms with Crippen LogP contribution in [0.3, 0.4) is 0 Å². The van der Waals surface area contributed by atoms with Crippen LogP contribution in [-0.4, -0.2) is 29.8 Å². The van der Waals surface area contributed by atoms with Gasteiger partial charge in [0.15, 0.2) is 0 Å². The summed E-state index contributed by atoms with van der Waals surface area (Å²) in [6.45, 7) is 1.68. The maximum atomic E-state index is 12.2. The molecule has 0 aromatic heterocycles. The standard InChI is InChI=1S/C12H18N2O2/c13-11(15)9-5-1-2-6-10(9)12(16)14-7-3-4-8-14/h1-2,9-10H,3-8H2,(H2,13,15). The smallest absolute Gasteiger partial charge is 0.226 e. The SMILES string of the molecule is NC(=O)C1CC=CCC1C(=O)N1CCCC1. The molecule has 0 radical (unpaired) electrons. The molecule has 88 valence electrons. The van der Waals surface area contributed by atoms with Crippen LogP contribution in [0.15, 0.2) is 12.2 Å². The Balaban J connectivity index is 2.08. The Labute approximate surface area is 95.5 Å². The van der Waals surface area contributed by atoms with E-state index < -0.39 is 0 Å². The first-order valence-corrected chi connectivity index (χ1v) is 5.93. The van der Waals surface area contributed by atoms with E-state index >= 15 is 0 Å². The Morgan fingerprint density at radius 3 is 2.19 bits per heavy atom. The number of nitrogens with two attached hydrogens (primary N) is 1. The lowest BCUT2D eigenvalue weighted by Gasteiger charge is -2.28. The van der Waals surface area contributed by atoms with Crippen molar-refractivity contribution in [1.82, 2.24) is 4.90 Å². The molecular formula is C12H18N2O2. The molecule has 16 heavy (non-hydrogen) atoms. The lowest BCUT2D eigenvalue weighted by Crippen LogP contribution is -2.42. The molecule has 0 bridgehead atoms. The number of hydrogen-bond acceptors (Lipinski definition) is 2. The fraction of sp³-hybridized carbons (Fsp3) is 0.667. The molecule has 0 spiro atoms. The van der Waals surface area contributed by atoms with Crippen LogP contribution in [0, 0.1) is 11.8 Å². The number of carbonyl (C=O) groups excluding carboxylic acids is 2. The summed E-state index contributed by atoms with van der Waals surface area (Å²) in [5.74, 6) is -0.758. The highest BCUT2D eigenvalue weighted by Gasteiger charge is 2.35. The van der Waals surface area contributed by atoms with Gasteiger partial charge in [0, 0.05) is 13.1 Å². The van der Waals surface area contributed by atoms with Gasteiger partial charge < -0.3 is 10.6 Å². The molecule has 1 saturated heterocycles. The molecule has 2 unspecified atom stereocenters. The summed E-state index contributed by atoms with van der Waals surface area (Å²) in [5.41, 5.74) is 5.35. The van der Waals surface area contributed by atoms with Crippen molar-refractivity contribution in [1.29, 1.82) is 0 Å². The molecule has 4 heteroatoms. The van der Waals surface area contributed by atoms with Gasteiger partial charge in [0.25, 0.3) is 0 Å². The van der Waals surface area contributed by atoms with Crippen LogP contribution in [-0.2, 0) is 9.59 Å². The highest BCUT2D eigenvalue weighted by Crippen LogP contribution is 2.28. The van der Waals surface area contributed by atoms with E-state index in [-0.39, 0.29) is 23.7 Å². The highest BCUT2D eigenvalue weighted by molar-refractivity contribution is 5.87. The third-order valence-corrected chi connectivity index (χ3v) is 3.53. The zero-order valence-electron chi connectivity index (χ0n) is 9.39. The topological polar surface area (TPSA) is 63.4 Å². The van der Waals surface area contributed by atoms with Crippen molar-refractivity contribution in [3.05, 3.63) is 12.2 Å². The van der Waals surface area contributed by atoms with Gasteiger partial charge >= 0.3 is 0 Å². The van der Waals surface area contributed by atoms with Gasteiger partial charge in [0.1, 0.15) is 0 Å². The largest absolute Gasteiger partial charge is 0.369 e. The second-order valence-electron chi connectivity index (χ2n) is 4.59. The molecule has 0 aromatic rings. The van der Waals surface area contributed by atoms with E-state index in [2.05, 4.69) is 0 Å². The Morgan fingerprint density at radius 2 is 1.62 bits per heavy atom. The van der Waals surface area contributed by atoms with Gasteiger partial charge in [-0.1, -0.05) is 12.2 Å². The number of amides is 2. The molecule has 1 fully saturated rings. The minimum atomic E-state index is -0.345. The van der Waals surface area contributed by atoms with Crippen LogP contribution in [0.4, 0.5) is 0 Å². The van der Waals surface area contributed by atoms with Gasteiger partial charge in [0.05, 0.1) is 11.8 Å². The number of allylic oxidation sites excluding steroid dienone is 2. The summed E-state index contributed by atoms with van der Waals surface area (Å²) < 4.78 is 0. The van der Waals surface area contributed by atoms with Crippen LogP contribution in [0.25, 0.3) is 0 Å². The molecule has 1 aliphatic carbocycles. The maximum absolute atomic E-state index is 12.2. The second kappa shape index (κ2) is 4.68. The molecule has 4 nitrogen and oxygen atoms in total. The Hall–Kier alpha value is -1.32. The Morgan fingerprint density at radius 1 is 1.06 bits per heavy atom. The van der Waals surface area contributed by atoms with E-state index in [0.717, 1.165) is 25.9 Å². The molecular weight excluding hydrogens is 204 g/mol. The molecule has 2 atom stereocenters. The van der Waals surface area contributed by atoms with Crippen molar-refractivity contribution in [2.75, 3.05) is 13.1 Å². The fourth-order valence-electron chi connectivity index (χ4n) is 2.57. The lowest BCUT2D eigenvalue weighted by molar-refractivity contribution is -0.140. The number of rotatable bonds is 2. The predicted octanol–water partition coefficient (Wildman–Crippen LogP) is 0.676. The summed E-state index contributed by atoms with van der Waals surface area (Å²) in [6.07, 6.45) is 7.36. The maximum Gasteiger partial charge on any atom is 0.226 e. The Bertz CT molecular complexity index is 319. The van der Waals surface area contributed by atoms with Gasteiger partial charge in [-0.25, -0.2) is 0 Å². The van der Waals surface area contributed by atoms with Gasteiger partial charge in [-0.05, 0) is 25.7 Å². The van der Waals surface area contributed by atoms with Gasteiger partial charge in [-0.2, -0.15) is 0 Å². The van der Waals surface area contributed by atoms with Crippen molar-refractivity contribution in [3.63, 3.8) is 0 Å². The molecule has 2 amide bonds. The minimum absolute atomic E-state index is 0.116. The highest BCUT2D eigenvalue weighted by atomic mass is 16.2. The Kier molecular flexibility index (Phi) is 3.27. The third-order valence-electron chi connectivity index (χ3n) is 3.53. The first kappa shape index (κ1) is 11.2. The normalized spacial score (nSPS) is 29.4. The van der Waals surface area contributed by atoms with Crippen molar-refractivity contribution in [2.24, 2.45) is 17.6 Å². The van der Waals surface area contributed by atoms with E-state index in [4.69, 9.17) is 5.73 Å². The van der Waals surface area contributed by atoms with Crippen molar-refractivity contribution in [2.45, 2.75) is 25.7 Å². The second-order valence-corrected chi connectivity index (χ2v) is 4.59. The van der Waals surface area contributed by atoms with E-state index in [1.807, 2.05) is 17.1 Å². The van der Waals surface area contributed by atoms with Crippen molar-refractivity contribution < 1.29 is 9.59 Å². The minimum Gasteiger partial charge on any atom is -0.369 e. The van der Waals surface area contributed by atoms with Crippen molar-refractivity contribution in [3.8, 4) is 0 Å². The van der Waals surface area contributed by atoms with Crippen LogP contribution < -0.4 is 5.73 Å².